The molecule has 1 fully saturated rings. The van der Waals surface area contributed by atoms with E-state index >= 15 is 0 Å². The van der Waals surface area contributed by atoms with Gasteiger partial charge < -0.3 is 5.11 Å². The maximum absolute atomic E-state index is 9.75. The molecule has 1 heteroatoms. The highest BCUT2D eigenvalue weighted by Crippen LogP contribution is 2.48. The van der Waals surface area contributed by atoms with Gasteiger partial charge in [0.25, 0.3) is 0 Å². The first-order valence-corrected chi connectivity index (χ1v) is 7.33. The smallest absolute Gasteiger partial charge is 0.0543 e. The van der Waals surface area contributed by atoms with Gasteiger partial charge in [-0.25, -0.2) is 0 Å². The summed E-state index contributed by atoms with van der Waals surface area (Å²) >= 11 is 0. The number of hydrogen-bond donors (Lipinski definition) is 1. The highest BCUT2D eigenvalue weighted by molar-refractivity contribution is 4.90. The lowest BCUT2D eigenvalue weighted by molar-refractivity contribution is -0.0110. The van der Waals surface area contributed by atoms with Gasteiger partial charge in [0.2, 0.25) is 0 Å². The first-order valence-electron chi connectivity index (χ1n) is 7.33. The van der Waals surface area contributed by atoms with E-state index in [1.807, 2.05) is 0 Å². The lowest BCUT2D eigenvalue weighted by atomic mass is 9.60. The molecule has 0 aromatic heterocycles. The van der Waals surface area contributed by atoms with Gasteiger partial charge in [0.05, 0.1) is 6.10 Å². The molecule has 1 nitrogen and oxygen atoms in total. The van der Waals surface area contributed by atoms with Crippen LogP contribution in [0.15, 0.2) is 0 Å². The molecule has 17 heavy (non-hydrogen) atoms. The third-order valence-electron chi connectivity index (χ3n) is 5.22. The minimum atomic E-state index is -0.0482. The van der Waals surface area contributed by atoms with Gasteiger partial charge >= 0.3 is 0 Å². The predicted octanol–water partition coefficient (Wildman–Crippen LogP) is 4.64. The van der Waals surface area contributed by atoms with Crippen LogP contribution < -0.4 is 0 Å². The van der Waals surface area contributed by atoms with Gasteiger partial charge in [-0.1, -0.05) is 41.5 Å². The molecule has 0 heterocycles. The fraction of sp³-hybridized carbons (Fsp3) is 1.00. The van der Waals surface area contributed by atoms with Crippen LogP contribution in [-0.2, 0) is 0 Å². The van der Waals surface area contributed by atoms with Crippen LogP contribution in [0.25, 0.3) is 0 Å². The SMILES string of the molecule is CC(CCC(C)(C)C)[C@@]1(C)CC[C@@H](O)CC1C. The zero-order valence-corrected chi connectivity index (χ0v) is 12.7. The number of aliphatic hydroxyl groups excluding tert-OH is 1. The zero-order valence-electron chi connectivity index (χ0n) is 12.7. The Bertz CT molecular complexity index is 240. The summed E-state index contributed by atoms with van der Waals surface area (Å²) in [5.41, 5.74) is 0.881. The molecular weight excluding hydrogens is 208 g/mol. The number of aliphatic hydroxyl groups is 1. The molecule has 1 aliphatic carbocycles. The molecule has 1 N–H and O–H groups in total. The number of hydrogen-bond acceptors (Lipinski definition) is 1. The van der Waals surface area contributed by atoms with Gasteiger partial charge in [0, 0.05) is 0 Å². The van der Waals surface area contributed by atoms with E-state index in [1.165, 1.54) is 19.3 Å². The largest absolute Gasteiger partial charge is 0.393 e. The summed E-state index contributed by atoms with van der Waals surface area (Å²) < 4.78 is 0. The Morgan fingerprint density at radius 1 is 1.35 bits per heavy atom. The van der Waals surface area contributed by atoms with E-state index < -0.39 is 0 Å². The molecule has 0 amide bonds. The van der Waals surface area contributed by atoms with Crippen molar-refractivity contribution < 1.29 is 5.11 Å². The molecule has 0 aromatic rings. The van der Waals surface area contributed by atoms with Crippen LogP contribution in [0.5, 0.6) is 0 Å². The van der Waals surface area contributed by atoms with Crippen molar-refractivity contribution in [2.75, 3.05) is 0 Å². The van der Waals surface area contributed by atoms with Crippen LogP contribution in [0.3, 0.4) is 0 Å². The monoisotopic (exact) mass is 240 g/mol. The summed E-state index contributed by atoms with van der Waals surface area (Å²) in [5, 5.41) is 9.75. The molecule has 1 saturated carbocycles. The van der Waals surface area contributed by atoms with Crippen LogP contribution in [0.4, 0.5) is 0 Å². The highest BCUT2D eigenvalue weighted by Gasteiger charge is 2.40. The van der Waals surface area contributed by atoms with Crippen LogP contribution >= 0.6 is 0 Å². The van der Waals surface area contributed by atoms with E-state index in [9.17, 15) is 5.11 Å². The normalized spacial score (nSPS) is 36.9. The second-order valence-corrected chi connectivity index (χ2v) is 7.84. The Morgan fingerprint density at radius 3 is 2.41 bits per heavy atom. The van der Waals surface area contributed by atoms with Gasteiger partial charge in [-0.2, -0.15) is 0 Å². The van der Waals surface area contributed by atoms with E-state index in [-0.39, 0.29) is 6.10 Å². The second kappa shape index (κ2) is 5.30. The lowest BCUT2D eigenvalue weighted by Crippen LogP contribution is -2.39. The van der Waals surface area contributed by atoms with Crippen LogP contribution in [-0.4, -0.2) is 11.2 Å². The highest BCUT2D eigenvalue weighted by atomic mass is 16.3. The maximum Gasteiger partial charge on any atom is 0.0543 e. The van der Waals surface area contributed by atoms with E-state index in [0.29, 0.717) is 16.7 Å². The van der Waals surface area contributed by atoms with E-state index in [0.717, 1.165) is 18.8 Å². The van der Waals surface area contributed by atoms with Crippen molar-refractivity contribution in [3.05, 3.63) is 0 Å². The third kappa shape index (κ3) is 3.98. The molecule has 2 unspecified atom stereocenters. The minimum Gasteiger partial charge on any atom is -0.393 e. The van der Waals surface area contributed by atoms with E-state index in [4.69, 9.17) is 0 Å². The van der Waals surface area contributed by atoms with Crippen molar-refractivity contribution in [2.24, 2.45) is 22.7 Å². The maximum atomic E-state index is 9.75. The molecule has 4 atom stereocenters. The van der Waals surface area contributed by atoms with Gasteiger partial charge in [0.1, 0.15) is 0 Å². The molecule has 0 radical (unpaired) electrons. The van der Waals surface area contributed by atoms with E-state index in [1.54, 1.807) is 0 Å². The molecule has 0 spiro atoms. The van der Waals surface area contributed by atoms with Gasteiger partial charge in [0.15, 0.2) is 0 Å². The molecule has 0 aromatic carbocycles. The predicted molar refractivity (Wildman–Crippen MR) is 75.0 cm³/mol. The van der Waals surface area contributed by atoms with Gasteiger partial charge in [-0.05, 0) is 54.8 Å². The zero-order chi connectivity index (χ0) is 13.3. The first kappa shape index (κ1) is 15.0. The van der Waals surface area contributed by atoms with Gasteiger partial charge in [-0.15, -0.1) is 0 Å². The summed E-state index contributed by atoms with van der Waals surface area (Å²) in [6.07, 6.45) is 5.77. The molecule has 0 saturated heterocycles. The van der Waals surface area contributed by atoms with Gasteiger partial charge in [-0.3, -0.25) is 0 Å². The fourth-order valence-electron chi connectivity index (χ4n) is 3.23. The Hall–Kier alpha value is -0.0400. The Morgan fingerprint density at radius 2 is 1.94 bits per heavy atom. The number of rotatable bonds is 3. The summed E-state index contributed by atoms with van der Waals surface area (Å²) in [6, 6.07) is 0. The average Bonchev–Trinajstić information content (AvgIpc) is 2.19. The molecule has 0 bridgehead atoms. The summed E-state index contributed by atoms with van der Waals surface area (Å²) in [6.45, 7) is 14.2. The van der Waals surface area contributed by atoms with Crippen molar-refractivity contribution in [1.82, 2.24) is 0 Å². The Balaban J connectivity index is 2.57. The molecule has 1 rings (SSSR count). The quantitative estimate of drug-likeness (QED) is 0.762. The summed E-state index contributed by atoms with van der Waals surface area (Å²) in [4.78, 5) is 0. The van der Waals surface area contributed by atoms with Crippen molar-refractivity contribution in [2.45, 2.75) is 79.8 Å². The van der Waals surface area contributed by atoms with Crippen LogP contribution in [0, 0.1) is 22.7 Å². The average molecular weight is 240 g/mol. The van der Waals surface area contributed by atoms with Crippen molar-refractivity contribution in [3.63, 3.8) is 0 Å². The lowest BCUT2D eigenvalue weighted by Gasteiger charge is -2.46. The van der Waals surface area contributed by atoms with Crippen LogP contribution in [0.1, 0.15) is 73.6 Å². The molecule has 102 valence electrons. The Kier molecular flexibility index (Phi) is 4.68. The van der Waals surface area contributed by atoms with Crippen molar-refractivity contribution >= 4 is 0 Å². The fourth-order valence-corrected chi connectivity index (χ4v) is 3.23. The van der Waals surface area contributed by atoms with Crippen molar-refractivity contribution in [3.8, 4) is 0 Å². The topological polar surface area (TPSA) is 20.2 Å². The molecule has 0 aliphatic heterocycles. The third-order valence-corrected chi connectivity index (χ3v) is 5.22. The first-order chi connectivity index (χ1) is 7.65. The van der Waals surface area contributed by atoms with Crippen molar-refractivity contribution in [1.29, 1.82) is 0 Å². The minimum absolute atomic E-state index is 0.0482. The molecule has 1 aliphatic rings. The van der Waals surface area contributed by atoms with Crippen LogP contribution in [0.2, 0.25) is 0 Å². The summed E-state index contributed by atoms with van der Waals surface area (Å²) in [7, 11) is 0. The second-order valence-electron chi connectivity index (χ2n) is 7.84. The Labute approximate surface area is 108 Å². The van der Waals surface area contributed by atoms with E-state index in [2.05, 4.69) is 41.5 Å². The standard InChI is InChI=1S/C16H32O/c1-12(7-9-15(3,4)5)16(6)10-8-14(17)11-13(16)2/h12-14,17H,7-11H2,1-6H3/t12?,13?,14-,16-/m1/s1. The molecular formula is C16H32O. The summed E-state index contributed by atoms with van der Waals surface area (Å²) in [5.74, 6) is 1.42.